The number of rotatable bonds is 14. The van der Waals surface area contributed by atoms with Crippen LogP contribution in [0.2, 0.25) is 0 Å². The summed E-state index contributed by atoms with van der Waals surface area (Å²) in [7, 11) is 0. The second kappa shape index (κ2) is 23.0. The van der Waals surface area contributed by atoms with Crippen molar-refractivity contribution in [3.05, 3.63) is 282 Å². The van der Waals surface area contributed by atoms with E-state index in [9.17, 15) is 8.78 Å². The molecule has 11 aromatic rings. The number of aryl methyl sites for hydroxylation is 6. The fraction of sp³-hybridized carbons (Fsp3) is 0.0870. The van der Waals surface area contributed by atoms with Gasteiger partial charge in [0.1, 0.15) is 5.82 Å². The number of pyridine rings is 3. The van der Waals surface area contributed by atoms with Gasteiger partial charge in [-0.3, -0.25) is 8.78 Å². The fourth-order valence-corrected chi connectivity index (χ4v) is 9.48. The maximum absolute atomic E-state index is 16.0. The molecule has 7 heteroatoms. The van der Waals surface area contributed by atoms with Gasteiger partial charge in [0.2, 0.25) is 0 Å². The van der Waals surface area contributed by atoms with E-state index in [1.807, 2.05) is 72.9 Å². The second-order valence-electron chi connectivity index (χ2n) is 18.4. The van der Waals surface area contributed by atoms with E-state index in [1.54, 1.807) is 18.5 Å². The molecule has 3 nitrogen and oxygen atoms in total. The number of hydrogen-bond donors (Lipinski definition) is 0. The first-order chi connectivity index (χ1) is 39.1. The van der Waals surface area contributed by atoms with Crippen molar-refractivity contribution in [3.8, 4) is 89.4 Å². The zero-order valence-corrected chi connectivity index (χ0v) is 43.2. The van der Waals surface area contributed by atoms with Gasteiger partial charge in [-0.05, 0) is 141 Å². The molecule has 0 bridgehead atoms. The van der Waals surface area contributed by atoms with Crippen molar-refractivity contribution in [3.63, 3.8) is 0 Å². The van der Waals surface area contributed by atoms with Crippen LogP contribution in [0.4, 0.5) is 13.2 Å². The van der Waals surface area contributed by atoms with Gasteiger partial charge in [-0.15, -0.1) is 95.6 Å². The third kappa shape index (κ3) is 11.6. The van der Waals surface area contributed by atoms with E-state index in [2.05, 4.69) is 88.8 Å². The predicted octanol–water partition coefficient (Wildman–Crippen LogP) is 17.2. The first kappa shape index (κ1) is 44.0. The van der Waals surface area contributed by atoms with Gasteiger partial charge < -0.3 is 15.0 Å². The monoisotopic (exact) mass is 1180 g/mol. The first-order valence-electron chi connectivity index (χ1n) is 27.6. The molecule has 370 valence electrons. The molecule has 0 saturated carbocycles. The van der Waals surface area contributed by atoms with Crippen LogP contribution < -0.4 is 0 Å². The third-order valence-electron chi connectivity index (χ3n) is 13.5. The van der Waals surface area contributed by atoms with E-state index >= 15 is 4.39 Å². The number of benzene rings is 8. The minimum Gasteiger partial charge on any atom is -0.304 e. The molecular weight excluding hydrogens is 1120 g/mol. The van der Waals surface area contributed by atoms with Crippen molar-refractivity contribution in [2.75, 3.05) is 0 Å². The van der Waals surface area contributed by atoms with E-state index in [-0.39, 0.29) is 44.1 Å². The summed E-state index contributed by atoms with van der Waals surface area (Å²) in [6, 6.07) is 67.3. The molecule has 0 unspecified atom stereocenters. The van der Waals surface area contributed by atoms with Crippen LogP contribution in [0.15, 0.2) is 213 Å². The number of nitrogens with zero attached hydrogens (tertiary/aromatic N) is 3. The van der Waals surface area contributed by atoms with Gasteiger partial charge >= 0.3 is 20.1 Å². The van der Waals surface area contributed by atoms with Crippen LogP contribution in [0.5, 0.6) is 0 Å². The Bertz CT molecular complexity index is 3900. The van der Waals surface area contributed by atoms with E-state index in [0.717, 1.165) is 55.6 Å². The molecule has 0 radical (unpaired) electrons. The van der Waals surface area contributed by atoms with Crippen molar-refractivity contribution in [2.24, 2.45) is 0 Å². The Morgan fingerprint density at radius 3 is 1.39 bits per heavy atom. The largest absolute Gasteiger partial charge is 3.00 e. The van der Waals surface area contributed by atoms with Crippen LogP contribution in [-0.4, -0.2) is 15.0 Å². The fourth-order valence-electron chi connectivity index (χ4n) is 9.48. The van der Waals surface area contributed by atoms with Crippen LogP contribution in [0.3, 0.4) is 0 Å². The first-order valence-corrected chi connectivity index (χ1v) is 24.6. The molecule has 8 aromatic carbocycles. The van der Waals surface area contributed by atoms with E-state index in [0.29, 0.717) is 68.9 Å². The Labute approximate surface area is 464 Å². The average molecular weight is 1180 g/mol. The van der Waals surface area contributed by atoms with Crippen LogP contribution in [0, 0.1) is 49.4 Å². The van der Waals surface area contributed by atoms with Crippen LogP contribution in [-0.2, 0) is 45.8 Å². The van der Waals surface area contributed by atoms with Gasteiger partial charge in [-0.2, -0.15) is 0 Å². The maximum atomic E-state index is 16.0. The molecule has 11 rings (SSSR count). The Kier molecular flexibility index (Phi) is 13.3. The minimum atomic E-state index is -2.51. The molecule has 0 aliphatic heterocycles. The summed E-state index contributed by atoms with van der Waals surface area (Å²) >= 11 is 0. The molecule has 3 heterocycles. The molecule has 0 spiro atoms. The molecule has 0 N–H and O–H groups in total. The molecular formula is C69H49F3IrN3. The van der Waals surface area contributed by atoms with Crippen LogP contribution in [0.1, 0.15) is 41.6 Å². The topological polar surface area (TPSA) is 38.7 Å². The minimum absolute atomic E-state index is 0. The normalized spacial score (nSPS) is 12.6. The van der Waals surface area contributed by atoms with Gasteiger partial charge in [-0.25, -0.2) is 4.39 Å². The maximum Gasteiger partial charge on any atom is 3.00 e. The quantitative estimate of drug-likeness (QED) is 0.102. The summed E-state index contributed by atoms with van der Waals surface area (Å²) < 4.78 is 94.8. The standard InChI is InChI=1S/C69H49F3N3.Ir/c1-45-35-67(55-25-29-60(70)30-26-55)73-42-57(45)15-13-47-37-48(14-16-58-43-74-68(36-46(58)2)56-27-31-61(71)32-28-56)39-59(38-47)64-40-62(72)33-34-63(64)66-44-75-69(54-11-7-4-8-12-54)41-65(66)53-23-21-52(22-24-53)51-19-17-50(18-20-51)49-9-5-3-6-10-49;/h3-11,17-25,27,29-44H,13-16H2,1-2H3;/q-3;+3/i1D3,2D3;. The van der Waals surface area contributed by atoms with Crippen molar-refractivity contribution in [2.45, 2.75) is 39.4 Å². The van der Waals surface area contributed by atoms with Crippen molar-refractivity contribution in [1.82, 2.24) is 15.0 Å². The SMILES string of the molecule is [2H]C([2H])([2H])c1cc(-c2[c-]cc(F)cc2)ncc1CCc1cc(CCc2cnc(-c3[c-]cc(F)cc3)cc2C([2H])([2H])[2H])cc(-c2cc(F)ccc2-c2cnc(-c3[c-]cccc3)cc2-c2ccc(-c3ccc(-c4ccccc4)cc3)cc2)c1.[Ir+3]. The Morgan fingerprint density at radius 1 is 0.382 bits per heavy atom. The van der Waals surface area contributed by atoms with Crippen molar-refractivity contribution in [1.29, 1.82) is 0 Å². The molecule has 0 fully saturated rings. The summed E-state index contributed by atoms with van der Waals surface area (Å²) in [5.74, 6) is -1.42. The van der Waals surface area contributed by atoms with Gasteiger partial charge in [0, 0.05) is 44.0 Å². The zero-order valence-electron chi connectivity index (χ0n) is 46.8. The molecule has 3 aromatic heterocycles. The van der Waals surface area contributed by atoms with Gasteiger partial charge in [-0.1, -0.05) is 132 Å². The Balaban J connectivity index is 0.00000753. The molecule has 0 atom stereocenters. The zero-order chi connectivity index (χ0) is 56.3. The summed E-state index contributed by atoms with van der Waals surface area (Å²) in [4.78, 5) is 14.2. The molecule has 0 aliphatic carbocycles. The summed E-state index contributed by atoms with van der Waals surface area (Å²) in [5, 5.41) is 0. The van der Waals surface area contributed by atoms with E-state index in [1.165, 1.54) is 60.7 Å². The molecule has 0 aliphatic rings. The van der Waals surface area contributed by atoms with Gasteiger partial charge in [0.05, 0.1) is 0 Å². The van der Waals surface area contributed by atoms with E-state index in [4.69, 9.17) is 13.2 Å². The number of halogens is 3. The van der Waals surface area contributed by atoms with Gasteiger partial charge in [0.15, 0.2) is 0 Å². The average Bonchev–Trinajstić information content (AvgIpc) is 3.65. The van der Waals surface area contributed by atoms with Gasteiger partial charge in [0.25, 0.3) is 0 Å². The second-order valence-corrected chi connectivity index (χ2v) is 18.4. The number of aromatic nitrogens is 3. The number of hydrogen-bond acceptors (Lipinski definition) is 3. The van der Waals surface area contributed by atoms with Crippen LogP contribution in [0.25, 0.3) is 89.4 Å². The van der Waals surface area contributed by atoms with Crippen molar-refractivity contribution < 1.29 is 41.5 Å². The van der Waals surface area contributed by atoms with E-state index < -0.39 is 31.2 Å². The van der Waals surface area contributed by atoms with Crippen molar-refractivity contribution >= 4 is 0 Å². The summed E-state index contributed by atoms with van der Waals surface area (Å²) in [6.07, 6.45) is 6.12. The summed E-state index contributed by atoms with van der Waals surface area (Å²) in [6.45, 7) is -5.02. The Hall–Kier alpha value is -8.35. The molecule has 0 amide bonds. The third-order valence-corrected chi connectivity index (χ3v) is 13.5. The smallest absolute Gasteiger partial charge is 0.304 e. The summed E-state index contributed by atoms with van der Waals surface area (Å²) in [5.41, 5.74) is 14.7. The molecule has 76 heavy (non-hydrogen) atoms. The molecule has 0 saturated heterocycles. The predicted molar refractivity (Wildman–Crippen MR) is 297 cm³/mol. The van der Waals surface area contributed by atoms with Crippen LogP contribution >= 0.6 is 0 Å². The Morgan fingerprint density at radius 2 is 0.868 bits per heavy atom.